The van der Waals surface area contributed by atoms with Gasteiger partial charge in [-0.15, -0.1) is 0 Å². The molecule has 1 aliphatic heterocycles. The molecule has 0 aromatic carbocycles. The first-order valence-electron chi connectivity index (χ1n) is 6.32. The van der Waals surface area contributed by atoms with Crippen LogP contribution < -0.4 is 5.32 Å². The Labute approximate surface area is 116 Å². The minimum atomic E-state index is -0.920. The molecule has 6 nitrogen and oxygen atoms in total. The molecular weight excluding hydrogens is 268 g/mol. The van der Waals surface area contributed by atoms with Crippen molar-refractivity contribution < 1.29 is 18.5 Å². The smallest absolute Gasteiger partial charge is 0.407 e. The summed E-state index contributed by atoms with van der Waals surface area (Å²) in [7, 11) is 0.347. The molecular formula is C12H22N2O4S. The number of carbonyl (C=O) groups is 2. The van der Waals surface area contributed by atoms with E-state index < -0.39 is 22.9 Å². The number of methoxy groups -OCH3 is 1. The Kier molecular flexibility index (Phi) is 5.78. The van der Waals surface area contributed by atoms with Crippen molar-refractivity contribution in [2.45, 2.75) is 31.6 Å². The third-order valence-corrected chi connectivity index (χ3v) is 4.64. The standard InChI is InChI=1S/C12H22N2O4S/c1-8(2)10(13-12(16)18-3)11(15)14-6-5-9(7-14)19(4)17/h8-10H,5-7H2,1-4H3,(H,13,16)/t9?,10-,19?/m0/s1. The number of likely N-dealkylation sites (tertiary alicyclic amines) is 1. The molecule has 7 heteroatoms. The van der Waals surface area contributed by atoms with Crippen molar-refractivity contribution in [3.8, 4) is 0 Å². The van der Waals surface area contributed by atoms with Crippen LogP contribution in [-0.4, -0.2) is 58.9 Å². The van der Waals surface area contributed by atoms with E-state index >= 15 is 0 Å². The fourth-order valence-corrected chi connectivity index (χ4v) is 2.92. The van der Waals surface area contributed by atoms with E-state index in [9.17, 15) is 13.8 Å². The number of amides is 2. The maximum atomic E-state index is 12.4. The van der Waals surface area contributed by atoms with Crippen LogP contribution in [0.1, 0.15) is 20.3 Å². The van der Waals surface area contributed by atoms with Crippen molar-refractivity contribution in [3.05, 3.63) is 0 Å². The zero-order valence-electron chi connectivity index (χ0n) is 11.8. The summed E-state index contributed by atoms with van der Waals surface area (Å²) in [4.78, 5) is 25.3. The number of carbonyl (C=O) groups excluding carboxylic acids is 2. The first-order valence-corrected chi connectivity index (χ1v) is 7.94. The molecule has 0 spiro atoms. The maximum Gasteiger partial charge on any atom is 0.407 e. The highest BCUT2D eigenvalue weighted by molar-refractivity contribution is 7.84. The minimum absolute atomic E-state index is 0.0298. The highest BCUT2D eigenvalue weighted by Gasteiger charge is 2.34. The van der Waals surface area contributed by atoms with Gasteiger partial charge in [0.15, 0.2) is 0 Å². The summed E-state index contributed by atoms with van der Waals surface area (Å²) in [6, 6.07) is -0.600. The van der Waals surface area contributed by atoms with Gasteiger partial charge in [-0.25, -0.2) is 4.79 Å². The van der Waals surface area contributed by atoms with Crippen LogP contribution >= 0.6 is 0 Å². The number of nitrogens with one attached hydrogen (secondary N) is 1. The largest absolute Gasteiger partial charge is 0.453 e. The summed E-state index contributed by atoms with van der Waals surface area (Å²) >= 11 is 0. The lowest BCUT2D eigenvalue weighted by atomic mass is 10.0. The number of hydrogen-bond donors (Lipinski definition) is 1. The summed E-state index contributed by atoms with van der Waals surface area (Å²) < 4.78 is 16.0. The molecule has 1 rings (SSSR count). The lowest BCUT2D eigenvalue weighted by molar-refractivity contribution is -0.133. The van der Waals surface area contributed by atoms with E-state index in [0.29, 0.717) is 13.1 Å². The van der Waals surface area contributed by atoms with Gasteiger partial charge in [-0.05, 0) is 12.3 Å². The number of nitrogens with zero attached hydrogens (tertiary/aromatic N) is 1. The highest BCUT2D eigenvalue weighted by atomic mass is 32.2. The zero-order valence-corrected chi connectivity index (χ0v) is 12.7. The Morgan fingerprint density at radius 1 is 1.42 bits per heavy atom. The number of ether oxygens (including phenoxy) is 1. The molecule has 3 atom stereocenters. The molecule has 1 heterocycles. The number of hydrogen-bond acceptors (Lipinski definition) is 4. The highest BCUT2D eigenvalue weighted by Crippen LogP contribution is 2.17. The SMILES string of the molecule is COC(=O)N[C@H](C(=O)N1CCC(S(C)=O)C1)C(C)C. The number of alkyl carbamates (subject to hydrolysis) is 1. The van der Waals surface area contributed by atoms with Crippen molar-refractivity contribution in [2.75, 3.05) is 26.5 Å². The Hall–Kier alpha value is -1.11. The van der Waals surface area contributed by atoms with Crippen molar-refractivity contribution in [1.29, 1.82) is 0 Å². The Bertz CT molecular complexity index is 373. The molecule has 1 saturated heterocycles. The van der Waals surface area contributed by atoms with Crippen LogP contribution in [0.5, 0.6) is 0 Å². The maximum absolute atomic E-state index is 12.4. The van der Waals surface area contributed by atoms with Gasteiger partial charge in [0.05, 0.1) is 12.4 Å². The van der Waals surface area contributed by atoms with Crippen LogP contribution in [0.4, 0.5) is 4.79 Å². The number of rotatable bonds is 4. The zero-order chi connectivity index (χ0) is 14.6. The van der Waals surface area contributed by atoms with Gasteiger partial charge in [0.25, 0.3) is 0 Å². The van der Waals surface area contributed by atoms with Gasteiger partial charge in [-0.3, -0.25) is 9.00 Å². The van der Waals surface area contributed by atoms with Crippen LogP contribution in [-0.2, 0) is 20.3 Å². The Morgan fingerprint density at radius 2 is 2.05 bits per heavy atom. The molecule has 0 saturated carbocycles. The predicted octanol–water partition coefficient (Wildman–Crippen LogP) is 0.346. The van der Waals surface area contributed by atoms with E-state index in [1.54, 1.807) is 11.2 Å². The van der Waals surface area contributed by atoms with Crippen LogP contribution in [0.3, 0.4) is 0 Å². The fourth-order valence-electron chi connectivity index (χ4n) is 2.10. The van der Waals surface area contributed by atoms with Crippen molar-refractivity contribution in [1.82, 2.24) is 10.2 Å². The molecule has 1 N–H and O–H groups in total. The van der Waals surface area contributed by atoms with Gasteiger partial charge < -0.3 is 15.0 Å². The molecule has 0 radical (unpaired) electrons. The molecule has 2 unspecified atom stereocenters. The lowest BCUT2D eigenvalue weighted by Crippen LogP contribution is -2.50. The molecule has 1 fully saturated rings. The topological polar surface area (TPSA) is 75.7 Å². The third kappa shape index (κ3) is 4.19. The predicted molar refractivity (Wildman–Crippen MR) is 73.2 cm³/mol. The van der Waals surface area contributed by atoms with Crippen molar-refractivity contribution >= 4 is 22.8 Å². The Balaban J connectivity index is 2.68. The fraction of sp³-hybridized carbons (Fsp3) is 0.833. The van der Waals surface area contributed by atoms with Crippen LogP contribution in [0.15, 0.2) is 0 Å². The van der Waals surface area contributed by atoms with Gasteiger partial charge >= 0.3 is 6.09 Å². The Morgan fingerprint density at radius 3 is 2.47 bits per heavy atom. The van der Waals surface area contributed by atoms with Crippen LogP contribution in [0, 0.1) is 5.92 Å². The molecule has 1 aliphatic rings. The second-order valence-electron chi connectivity index (χ2n) is 5.05. The average Bonchev–Trinajstić information content (AvgIpc) is 2.84. The van der Waals surface area contributed by atoms with Gasteiger partial charge in [-0.2, -0.15) is 0 Å². The van der Waals surface area contributed by atoms with E-state index in [-0.39, 0.29) is 17.1 Å². The molecule has 0 aliphatic carbocycles. The average molecular weight is 290 g/mol. The van der Waals surface area contributed by atoms with E-state index in [2.05, 4.69) is 10.1 Å². The van der Waals surface area contributed by atoms with Gasteiger partial charge in [0.1, 0.15) is 6.04 Å². The molecule has 0 aromatic rings. The molecule has 0 bridgehead atoms. The molecule has 2 amide bonds. The summed E-state index contributed by atoms with van der Waals surface area (Å²) in [6.45, 7) is 4.82. The normalized spacial score (nSPS) is 22.2. The van der Waals surface area contributed by atoms with E-state index in [0.717, 1.165) is 6.42 Å². The van der Waals surface area contributed by atoms with Crippen molar-refractivity contribution in [3.63, 3.8) is 0 Å². The minimum Gasteiger partial charge on any atom is -0.453 e. The first-order chi connectivity index (χ1) is 8.86. The summed E-state index contributed by atoms with van der Waals surface area (Å²) in [5.74, 6) is -0.161. The van der Waals surface area contributed by atoms with Crippen molar-refractivity contribution in [2.24, 2.45) is 5.92 Å². The lowest BCUT2D eigenvalue weighted by Gasteiger charge is -2.26. The molecule has 110 valence electrons. The first kappa shape index (κ1) is 15.9. The van der Waals surface area contributed by atoms with Gasteiger partial charge in [0, 0.05) is 30.1 Å². The summed E-state index contributed by atoms with van der Waals surface area (Å²) in [5.41, 5.74) is 0. The molecule has 19 heavy (non-hydrogen) atoms. The second-order valence-corrected chi connectivity index (χ2v) is 6.71. The van der Waals surface area contributed by atoms with E-state index in [1.165, 1.54) is 7.11 Å². The van der Waals surface area contributed by atoms with Crippen LogP contribution in [0.2, 0.25) is 0 Å². The quantitative estimate of drug-likeness (QED) is 0.810. The van der Waals surface area contributed by atoms with Crippen LogP contribution in [0.25, 0.3) is 0 Å². The van der Waals surface area contributed by atoms with E-state index in [1.807, 2.05) is 13.8 Å². The molecule has 0 aromatic heterocycles. The van der Waals surface area contributed by atoms with Gasteiger partial charge in [0.2, 0.25) is 5.91 Å². The summed E-state index contributed by atoms with van der Waals surface area (Å²) in [5, 5.41) is 2.60. The third-order valence-electron chi connectivity index (χ3n) is 3.32. The monoisotopic (exact) mass is 290 g/mol. The second kappa shape index (κ2) is 6.88. The van der Waals surface area contributed by atoms with E-state index in [4.69, 9.17) is 0 Å². The summed E-state index contributed by atoms with van der Waals surface area (Å²) in [6.07, 6.45) is 1.80. The van der Waals surface area contributed by atoms with Gasteiger partial charge in [-0.1, -0.05) is 13.8 Å².